The Morgan fingerprint density at radius 3 is 2.83 bits per heavy atom. The van der Waals surface area contributed by atoms with E-state index in [9.17, 15) is 0 Å². The van der Waals surface area contributed by atoms with E-state index < -0.39 is 0 Å². The normalized spacial score (nSPS) is 16.7. The van der Waals surface area contributed by atoms with Gasteiger partial charge < -0.3 is 0 Å². The van der Waals surface area contributed by atoms with Gasteiger partial charge in [-0.05, 0) is 19.8 Å². The predicted molar refractivity (Wildman–Crippen MR) is 48.6 cm³/mol. The third kappa shape index (κ3) is 1.05. The molecule has 0 spiro atoms. The highest BCUT2D eigenvalue weighted by Gasteiger charge is 2.13. The second-order valence-electron chi connectivity index (χ2n) is 3.20. The zero-order chi connectivity index (χ0) is 8.55. The maximum absolute atomic E-state index is 4.44. The van der Waals surface area contributed by atoms with Gasteiger partial charge in [0, 0.05) is 30.6 Å². The Bertz CT molecular complexity index is 323. The summed E-state index contributed by atoms with van der Waals surface area (Å²) in [6.07, 6.45) is 4.23. The number of hydrogen-bond donors (Lipinski definition) is 0. The molecule has 2 heterocycles. The summed E-state index contributed by atoms with van der Waals surface area (Å²) in [6, 6.07) is 0. The third-order valence-electron chi connectivity index (χ3n) is 2.42. The fraction of sp³-hybridized carbons (Fsp3) is 0.556. The molecule has 0 radical (unpaired) electrons. The van der Waals surface area contributed by atoms with E-state index in [0.717, 1.165) is 13.0 Å². The minimum atomic E-state index is 0.990. The molecule has 0 atom stereocenters. The minimum Gasteiger partial charge on any atom is -0.289 e. The second kappa shape index (κ2) is 2.73. The van der Waals surface area contributed by atoms with Crippen molar-refractivity contribution in [1.82, 2.24) is 9.78 Å². The summed E-state index contributed by atoms with van der Waals surface area (Å²) in [6.45, 7) is 3.08. The molecule has 1 aromatic heterocycles. The standard InChI is InChI=1S/C9H13N3/c1-7-8(6-11-12(7)2)9-4-3-5-10-9/h6H,3-5H2,1-2H3. The summed E-state index contributed by atoms with van der Waals surface area (Å²) in [4.78, 5) is 4.44. The van der Waals surface area contributed by atoms with Gasteiger partial charge in [0.2, 0.25) is 0 Å². The smallest absolute Gasteiger partial charge is 0.0583 e. The van der Waals surface area contributed by atoms with E-state index >= 15 is 0 Å². The first kappa shape index (κ1) is 7.53. The van der Waals surface area contributed by atoms with Crippen molar-refractivity contribution in [2.45, 2.75) is 19.8 Å². The first-order valence-corrected chi connectivity index (χ1v) is 4.31. The van der Waals surface area contributed by atoms with E-state index in [1.165, 1.54) is 23.4 Å². The first-order valence-electron chi connectivity index (χ1n) is 4.31. The Morgan fingerprint density at radius 2 is 2.33 bits per heavy atom. The van der Waals surface area contributed by atoms with Crippen LogP contribution in [0.4, 0.5) is 0 Å². The summed E-state index contributed by atoms with van der Waals surface area (Å²) < 4.78 is 1.90. The number of aromatic nitrogens is 2. The number of aliphatic imine (C=N–C) groups is 1. The van der Waals surface area contributed by atoms with Crippen LogP contribution >= 0.6 is 0 Å². The summed E-state index contributed by atoms with van der Waals surface area (Å²) in [5.41, 5.74) is 3.69. The van der Waals surface area contributed by atoms with Crippen LogP contribution in [0.25, 0.3) is 0 Å². The molecule has 0 fully saturated rings. The van der Waals surface area contributed by atoms with E-state index in [-0.39, 0.29) is 0 Å². The minimum absolute atomic E-state index is 0.990. The van der Waals surface area contributed by atoms with Crippen LogP contribution in [-0.4, -0.2) is 22.0 Å². The average molecular weight is 163 g/mol. The Kier molecular flexibility index (Phi) is 1.71. The van der Waals surface area contributed by atoms with Crippen molar-refractivity contribution >= 4 is 5.71 Å². The molecule has 1 aromatic rings. The van der Waals surface area contributed by atoms with Crippen LogP contribution in [0.5, 0.6) is 0 Å². The van der Waals surface area contributed by atoms with Crippen molar-refractivity contribution in [3.05, 3.63) is 17.5 Å². The highest BCUT2D eigenvalue weighted by Crippen LogP contribution is 2.15. The maximum Gasteiger partial charge on any atom is 0.0583 e. The second-order valence-corrected chi connectivity index (χ2v) is 3.20. The molecule has 0 saturated carbocycles. The molecule has 3 heteroatoms. The van der Waals surface area contributed by atoms with Gasteiger partial charge in [-0.3, -0.25) is 9.67 Å². The van der Waals surface area contributed by atoms with Gasteiger partial charge in [0.05, 0.1) is 6.20 Å². The molecule has 0 aliphatic carbocycles. The van der Waals surface area contributed by atoms with Gasteiger partial charge in [0.1, 0.15) is 0 Å². The summed E-state index contributed by atoms with van der Waals surface area (Å²) >= 11 is 0. The number of hydrogen-bond acceptors (Lipinski definition) is 2. The van der Waals surface area contributed by atoms with Crippen molar-refractivity contribution in [3.63, 3.8) is 0 Å². The predicted octanol–water partition coefficient (Wildman–Crippen LogP) is 1.31. The van der Waals surface area contributed by atoms with E-state index in [4.69, 9.17) is 0 Å². The van der Waals surface area contributed by atoms with E-state index in [2.05, 4.69) is 17.0 Å². The molecule has 1 aliphatic heterocycles. The third-order valence-corrected chi connectivity index (χ3v) is 2.42. The van der Waals surface area contributed by atoms with Crippen LogP contribution in [0.1, 0.15) is 24.1 Å². The molecule has 3 nitrogen and oxygen atoms in total. The Labute approximate surface area is 72.1 Å². The summed E-state index contributed by atoms with van der Waals surface area (Å²) in [5, 5.41) is 4.20. The number of rotatable bonds is 1. The molecular formula is C9H13N3. The average Bonchev–Trinajstić information content (AvgIpc) is 2.64. The van der Waals surface area contributed by atoms with Crippen molar-refractivity contribution < 1.29 is 0 Å². The molecule has 0 bridgehead atoms. The molecular weight excluding hydrogens is 150 g/mol. The molecule has 12 heavy (non-hydrogen) atoms. The molecule has 0 saturated heterocycles. The van der Waals surface area contributed by atoms with Crippen LogP contribution in [0.15, 0.2) is 11.2 Å². The number of nitrogens with zero attached hydrogens (tertiary/aromatic N) is 3. The van der Waals surface area contributed by atoms with Gasteiger partial charge in [-0.25, -0.2) is 0 Å². The van der Waals surface area contributed by atoms with Crippen molar-refractivity contribution in [2.24, 2.45) is 12.0 Å². The van der Waals surface area contributed by atoms with Crippen molar-refractivity contribution in [3.8, 4) is 0 Å². The van der Waals surface area contributed by atoms with Crippen LogP contribution in [0, 0.1) is 6.92 Å². The van der Waals surface area contributed by atoms with Crippen LogP contribution in [0.2, 0.25) is 0 Å². The molecule has 0 amide bonds. The lowest BCUT2D eigenvalue weighted by atomic mass is 10.1. The highest BCUT2D eigenvalue weighted by molar-refractivity contribution is 6.02. The first-order chi connectivity index (χ1) is 5.79. The molecule has 2 rings (SSSR count). The van der Waals surface area contributed by atoms with Gasteiger partial charge in [0.15, 0.2) is 0 Å². The van der Waals surface area contributed by atoms with E-state index in [0.29, 0.717) is 0 Å². The topological polar surface area (TPSA) is 30.2 Å². The maximum atomic E-state index is 4.44. The van der Waals surface area contributed by atoms with Gasteiger partial charge in [-0.1, -0.05) is 0 Å². The Morgan fingerprint density at radius 1 is 1.50 bits per heavy atom. The van der Waals surface area contributed by atoms with Crippen LogP contribution in [-0.2, 0) is 7.05 Å². The fourth-order valence-electron chi connectivity index (χ4n) is 1.54. The largest absolute Gasteiger partial charge is 0.289 e. The molecule has 0 aromatic carbocycles. The lowest BCUT2D eigenvalue weighted by molar-refractivity contribution is 0.740. The van der Waals surface area contributed by atoms with Crippen LogP contribution < -0.4 is 0 Å². The molecule has 64 valence electrons. The molecule has 0 unspecified atom stereocenters. The zero-order valence-electron chi connectivity index (χ0n) is 7.54. The van der Waals surface area contributed by atoms with Crippen LogP contribution in [0.3, 0.4) is 0 Å². The Hall–Kier alpha value is -1.12. The number of aryl methyl sites for hydroxylation is 1. The zero-order valence-corrected chi connectivity index (χ0v) is 7.54. The summed E-state index contributed by atoms with van der Waals surface area (Å²) in [5.74, 6) is 0. The molecule has 0 N–H and O–H groups in total. The highest BCUT2D eigenvalue weighted by atomic mass is 15.3. The van der Waals surface area contributed by atoms with Gasteiger partial charge in [0.25, 0.3) is 0 Å². The molecule has 1 aliphatic rings. The summed E-state index contributed by atoms with van der Waals surface area (Å²) in [7, 11) is 1.97. The van der Waals surface area contributed by atoms with Crippen molar-refractivity contribution in [1.29, 1.82) is 0 Å². The SMILES string of the molecule is Cc1c(C2=NCCC2)cnn1C. The van der Waals surface area contributed by atoms with E-state index in [1.54, 1.807) is 0 Å². The van der Waals surface area contributed by atoms with Gasteiger partial charge >= 0.3 is 0 Å². The Balaban J connectivity index is 2.39. The van der Waals surface area contributed by atoms with Gasteiger partial charge in [-0.2, -0.15) is 5.10 Å². The monoisotopic (exact) mass is 163 g/mol. The fourth-order valence-corrected chi connectivity index (χ4v) is 1.54. The van der Waals surface area contributed by atoms with E-state index in [1.807, 2.05) is 17.9 Å². The van der Waals surface area contributed by atoms with Crippen molar-refractivity contribution in [2.75, 3.05) is 6.54 Å². The lowest BCUT2D eigenvalue weighted by Crippen LogP contribution is -1.99. The lowest BCUT2D eigenvalue weighted by Gasteiger charge is -1.98. The van der Waals surface area contributed by atoms with Gasteiger partial charge in [-0.15, -0.1) is 0 Å². The quantitative estimate of drug-likeness (QED) is 0.614.